The van der Waals surface area contributed by atoms with E-state index in [1.807, 2.05) is 11.8 Å². The third-order valence-electron chi connectivity index (χ3n) is 4.15. The summed E-state index contributed by atoms with van der Waals surface area (Å²) in [5, 5.41) is 9.87. The van der Waals surface area contributed by atoms with E-state index >= 15 is 0 Å². The van der Waals surface area contributed by atoms with Crippen LogP contribution in [0.15, 0.2) is 0 Å². The fourth-order valence-electron chi connectivity index (χ4n) is 3.16. The van der Waals surface area contributed by atoms with Crippen molar-refractivity contribution in [3.8, 4) is 0 Å². The van der Waals surface area contributed by atoms with Gasteiger partial charge in [0, 0.05) is 17.3 Å². The molecule has 2 saturated heterocycles. The molecule has 2 fully saturated rings. The van der Waals surface area contributed by atoms with Crippen LogP contribution in [0.25, 0.3) is 0 Å². The van der Waals surface area contributed by atoms with Gasteiger partial charge in [0.2, 0.25) is 0 Å². The van der Waals surface area contributed by atoms with Crippen molar-refractivity contribution in [3.63, 3.8) is 0 Å². The van der Waals surface area contributed by atoms with Gasteiger partial charge in [-0.05, 0) is 25.1 Å². The van der Waals surface area contributed by atoms with Crippen molar-refractivity contribution in [1.29, 1.82) is 0 Å². The number of aliphatic carboxylic acids is 1. The Morgan fingerprint density at radius 1 is 1.44 bits per heavy atom. The quantitative estimate of drug-likeness (QED) is 0.845. The zero-order valence-electron chi connectivity index (χ0n) is 11.2. The van der Waals surface area contributed by atoms with E-state index in [4.69, 9.17) is 4.74 Å². The lowest BCUT2D eigenvalue weighted by Gasteiger charge is -2.41. The normalized spacial score (nSPS) is 37.1. The summed E-state index contributed by atoms with van der Waals surface area (Å²) in [6.07, 6.45) is 2.42. The molecule has 5 heteroatoms. The highest BCUT2D eigenvalue weighted by Gasteiger charge is 2.41. The highest BCUT2D eigenvalue weighted by atomic mass is 32.2. The molecule has 0 aromatic heterocycles. The van der Waals surface area contributed by atoms with Gasteiger partial charge in [-0.1, -0.05) is 13.8 Å². The van der Waals surface area contributed by atoms with Gasteiger partial charge in [-0.15, -0.1) is 0 Å². The highest BCUT2D eigenvalue weighted by molar-refractivity contribution is 7.99. The van der Waals surface area contributed by atoms with E-state index < -0.39 is 5.97 Å². The van der Waals surface area contributed by atoms with Crippen molar-refractivity contribution in [2.24, 2.45) is 5.92 Å². The summed E-state index contributed by atoms with van der Waals surface area (Å²) in [7, 11) is 0. The predicted molar refractivity (Wildman–Crippen MR) is 73.1 cm³/mol. The van der Waals surface area contributed by atoms with Crippen molar-refractivity contribution in [3.05, 3.63) is 0 Å². The monoisotopic (exact) mass is 273 g/mol. The van der Waals surface area contributed by atoms with E-state index in [1.54, 1.807) is 0 Å². The number of hydrogen-bond acceptors (Lipinski definition) is 4. The number of carbonyl (C=O) groups is 1. The van der Waals surface area contributed by atoms with E-state index in [-0.39, 0.29) is 12.0 Å². The van der Waals surface area contributed by atoms with Crippen LogP contribution < -0.4 is 0 Å². The Bertz CT molecular complexity index is 300. The molecule has 0 aromatic rings. The first-order valence-corrected chi connectivity index (χ1v) is 7.88. The lowest BCUT2D eigenvalue weighted by molar-refractivity contribution is -0.143. The Kier molecular flexibility index (Phi) is 4.92. The summed E-state index contributed by atoms with van der Waals surface area (Å²) >= 11 is 2.01. The van der Waals surface area contributed by atoms with Crippen molar-refractivity contribution >= 4 is 17.7 Å². The Balaban J connectivity index is 2.09. The van der Waals surface area contributed by atoms with Crippen LogP contribution in [0.3, 0.4) is 0 Å². The summed E-state index contributed by atoms with van der Waals surface area (Å²) in [5.41, 5.74) is 0. The Hall–Kier alpha value is -0.260. The SMILES string of the molecule is CCN(C1CCCSC1C)C1COCC1C(=O)O. The van der Waals surface area contributed by atoms with Crippen molar-refractivity contribution in [2.75, 3.05) is 25.5 Å². The molecule has 1 N–H and O–H groups in total. The van der Waals surface area contributed by atoms with Gasteiger partial charge in [0.1, 0.15) is 0 Å². The molecule has 4 atom stereocenters. The van der Waals surface area contributed by atoms with Gasteiger partial charge in [0.25, 0.3) is 0 Å². The summed E-state index contributed by atoms with van der Waals surface area (Å²) in [5.74, 6) is 0.162. The third-order valence-corrected chi connectivity index (χ3v) is 5.52. The number of rotatable bonds is 4. The van der Waals surface area contributed by atoms with Gasteiger partial charge >= 0.3 is 5.97 Å². The van der Waals surface area contributed by atoms with E-state index in [0.717, 1.165) is 6.54 Å². The fourth-order valence-corrected chi connectivity index (χ4v) is 4.38. The summed E-state index contributed by atoms with van der Waals surface area (Å²) < 4.78 is 5.41. The maximum Gasteiger partial charge on any atom is 0.310 e. The molecule has 2 heterocycles. The fraction of sp³-hybridized carbons (Fsp3) is 0.923. The van der Waals surface area contributed by atoms with Crippen molar-refractivity contribution in [1.82, 2.24) is 4.90 Å². The molecule has 2 aliphatic rings. The number of thioether (sulfide) groups is 1. The number of hydrogen-bond donors (Lipinski definition) is 1. The van der Waals surface area contributed by atoms with Crippen LogP contribution in [0.1, 0.15) is 26.7 Å². The molecule has 2 aliphatic heterocycles. The number of likely N-dealkylation sites (N-methyl/N-ethyl adjacent to an activating group) is 1. The van der Waals surface area contributed by atoms with E-state index in [9.17, 15) is 9.90 Å². The number of nitrogens with zero attached hydrogens (tertiary/aromatic N) is 1. The van der Waals surface area contributed by atoms with Crippen LogP contribution in [-0.4, -0.2) is 58.8 Å². The average Bonchev–Trinajstić information content (AvgIpc) is 2.82. The van der Waals surface area contributed by atoms with Gasteiger partial charge in [-0.25, -0.2) is 0 Å². The second-order valence-electron chi connectivity index (χ2n) is 5.17. The van der Waals surface area contributed by atoms with E-state index in [0.29, 0.717) is 24.5 Å². The zero-order valence-corrected chi connectivity index (χ0v) is 12.0. The molecule has 0 radical (unpaired) electrons. The number of carboxylic acids is 1. The minimum atomic E-state index is -0.716. The molecule has 0 aliphatic carbocycles. The molecular formula is C13H23NO3S. The molecule has 0 aromatic carbocycles. The largest absolute Gasteiger partial charge is 0.481 e. The molecule has 0 spiro atoms. The topological polar surface area (TPSA) is 49.8 Å². The Morgan fingerprint density at radius 2 is 2.22 bits per heavy atom. The first-order valence-electron chi connectivity index (χ1n) is 6.83. The van der Waals surface area contributed by atoms with Crippen LogP contribution in [0, 0.1) is 5.92 Å². The molecular weight excluding hydrogens is 250 g/mol. The molecule has 2 rings (SSSR count). The number of ether oxygens (including phenoxy) is 1. The first kappa shape index (κ1) is 14.2. The van der Waals surface area contributed by atoms with Crippen molar-refractivity contribution in [2.45, 2.75) is 44.0 Å². The zero-order chi connectivity index (χ0) is 13.1. The highest BCUT2D eigenvalue weighted by Crippen LogP contribution is 2.32. The number of carboxylic acid groups (broad SMARTS) is 1. The van der Waals surface area contributed by atoms with Crippen LogP contribution in [-0.2, 0) is 9.53 Å². The van der Waals surface area contributed by atoms with E-state index in [2.05, 4.69) is 18.7 Å². The van der Waals surface area contributed by atoms with Crippen LogP contribution >= 0.6 is 11.8 Å². The van der Waals surface area contributed by atoms with E-state index in [1.165, 1.54) is 18.6 Å². The molecule has 104 valence electrons. The van der Waals surface area contributed by atoms with Gasteiger partial charge in [-0.2, -0.15) is 11.8 Å². The second-order valence-corrected chi connectivity index (χ2v) is 6.65. The Labute approximate surface area is 113 Å². The first-order chi connectivity index (χ1) is 8.65. The second kappa shape index (κ2) is 6.26. The summed E-state index contributed by atoms with van der Waals surface area (Å²) in [6.45, 7) is 6.24. The van der Waals surface area contributed by atoms with Gasteiger partial charge in [0.15, 0.2) is 0 Å². The van der Waals surface area contributed by atoms with Crippen LogP contribution in [0.4, 0.5) is 0 Å². The van der Waals surface area contributed by atoms with Gasteiger partial charge in [0.05, 0.1) is 19.1 Å². The molecule has 4 unspecified atom stereocenters. The molecule has 0 amide bonds. The molecule has 0 bridgehead atoms. The Morgan fingerprint density at radius 3 is 2.83 bits per heavy atom. The standard InChI is InChI=1S/C13H23NO3S/c1-3-14(11-5-4-6-18-9(11)2)12-8-17-7-10(12)13(15)16/h9-12H,3-8H2,1-2H3,(H,15,16). The average molecular weight is 273 g/mol. The lowest BCUT2D eigenvalue weighted by atomic mass is 9.97. The molecule has 0 saturated carbocycles. The van der Waals surface area contributed by atoms with Gasteiger partial charge < -0.3 is 9.84 Å². The maximum absolute atomic E-state index is 11.3. The maximum atomic E-state index is 11.3. The predicted octanol–water partition coefficient (Wildman–Crippen LogP) is 1.69. The molecule has 18 heavy (non-hydrogen) atoms. The molecule has 4 nitrogen and oxygen atoms in total. The third kappa shape index (κ3) is 2.83. The van der Waals surface area contributed by atoms with Crippen LogP contribution in [0.2, 0.25) is 0 Å². The van der Waals surface area contributed by atoms with Crippen LogP contribution in [0.5, 0.6) is 0 Å². The lowest BCUT2D eigenvalue weighted by Crippen LogP contribution is -2.52. The van der Waals surface area contributed by atoms with Crippen molar-refractivity contribution < 1.29 is 14.6 Å². The summed E-state index contributed by atoms with van der Waals surface area (Å²) in [4.78, 5) is 13.7. The minimum absolute atomic E-state index is 0.0543. The smallest absolute Gasteiger partial charge is 0.310 e. The summed E-state index contributed by atoms with van der Waals surface area (Å²) in [6, 6.07) is 0.556. The minimum Gasteiger partial charge on any atom is -0.481 e. The van der Waals surface area contributed by atoms with Gasteiger partial charge in [-0.3, -0.25) is 9.69 Å².